The van der Waals surface area contributed by atoms with E-state index in [1.54, 1.807) is 24.3 Å². The van der Waals surface area contributed by atoms with Crippen molar-refractivity contribution < 1.29 is 9.53 Å². The molecule has 4 nitrogen and oxygen atoms in total. The van der Waals surface area contributed by atoms with Crippen molar-refractivity contribution in [3.8, 4) is 5.75 Å². The van der Waals surface area contributed by atoms with Gasteiger partial charge >= 0.3 is 0 Å². The van der Waals surface area contributed by atoms with Crippen LogP contribution in [-0.4, -0.2) is 19.1 Å². The first-order valence-electron chi connectivity index (χ1n) is 7.65. The van der Waals surface area contributed by atoms with Crippen LogP contribution >= 0.6 is 11.6 Å². The van der Waals surface area contributed by atoms with Crippen molar-refractivity contribution >= 4 is 23.2 Å². The summed E-state index contributed by atoms with van der Waals surface area (Å²) in [5.74, 6) is 0.634. The van der Waals surface area contributed by atoms with Gasteiger partial charge in [0.15, 0.2) is 0 Å². The molecule has 0 aliphatic heterocycles. The number of carbonyl (C=O) groups excluding carboxylic acids is 1. The van der Waals surface area contributed by atoms with Crippen LogP contribution in [0.1, 0.15) is 18.9 Å². The van der Waals surface area contributed by atoms with Crippen molar-refractivity contribution in [1.29, 1.82) is 0 Å². The zero-order valence-electron chi connectivity index (χ0n) is 13.1. The lowest BCUT2D eigenvalue weighted by atomic mass is 10.2. The first-order chi connectivity index (χ1) is 11.2. The predicted molar refractivity (Wildman–Crippen MR) is 94.0 cm³/mol. The van der Waals surface area contributed by atoms with Gasteiger partial charge in [0.2, 0.25) is 5.91 Å². The van der Waals surface area contributed by atoms with E-state index in [4.69, 9.17) is 16.3 Å². The quantitative estimate of drug-likeness (QED) is 0.771. The first kappa shape index (κ1) is 17.3. The highest BCUT2D eigenvalue weighted by Gasteiger charge is 2.04. The molecule has 23 heavy (non-hydrogen) atoms. The average molecular weight is 333 g/mol. The van der Waals surface area contributed by atoms with Crippen molar-refractivity contribution in [2.75, 3.05) is 18.5 Å². The molecular formula is C18H21ClN2O2. The van der Waals surface area contributed by atoms with Crippen molar-refractivity contribution in [1.82, 2.24) is 5.32 Å². The van der Waals surface area contributed by atoms with E-state index in [2.05, 4.69) is 17.6 Å². The minimum Gasteiger partial charge on any atom is -0.493 e. The molecule has 0 heterocycles. The molecule has 0 aromatic heterocycles. The van der Waals surface area contributed by atoms with Gasteiger partial charge in [0, 0.05) is 17.3 Å². The van der Waals surface area contributed by atoms with Gasteiger partial charge in [-0.2, -0.15) is 0 Å². The molecule has 122 valence electrons. The Labute approximate surface area is 141 Å². The fourth-order valence-electron chi connectivity index (χ4n) is 2.04. The SMILES string of the molecule is CCNCc1cccc(NC(=O)CCOc2ccc(Cl)cc2)c1. The average Bonchev–Trinajstić information content (AvgIpc) is 2.55. The summed E-state index contributed by atoms with van der Waals surface area (Å²) in [6.45, 7) is 4.09. The summed E-state index contributed by atoms with van der Waals surface area (Å²) in [7, 11) is 0. The molecule has 0 saturated carbocycles. The zero-order chi connectivity index (χ0) is 16.5. The number of carbonyl (C=O) groups is 1. The fourth-order valence-corrected chi connectivity index (χ4v) is 2.17. The Morgan fingerprint density at radius 3 is 2.70 bits per heavy atom. The second-order valence-corrected chi connectivity index (χ2v) is 5.52. The second kappa shape index (κ2) is 9.18. The summed E-state index contributed by atoms with van der Waals surface area (Å²) in [5, 5.41) is 6.81. The van der Waals surface area contributed by atoms with Gasteiger partial charge in [-0.1, -0.05) is 30.7 Å². The maximum absolute atomic E-state index is 12.0. The van der Waals surface area contributed by atoms with Gasteiger partial charge in [-0.05, 0) is 48.5 Å². The van der Waals surface area contributed by atoms with Crippen LogP contribution in [0.25, 0.3) is 0 Å². The summed E-state index contributed by atoms with van der Waals surface area (Å²) in [6, 6.07) is 14.9. The van der Waals surface area contributed by atoms with Gasteiger partial charge in [0.1, 0.15) is 5.75 Å². The molecule has 0 aliphatic rings. The first-order valence-corrected chi connectivity index (χ1v) is 8.03. The van der Waals surface area contributed by atoms with Gasteiger partial charge < -0.3 is 15.4 Å². The van der Waals surface area contributed by atoms with Gasteiger partial charge in [-0.3, -0.25) is 4.79 Å². The van der Waals surface area contributed by atoms with Crippen LogP contribution in [0, 0.1) is 0 Å². The maximum atomic E-state index is 12.0. The Morgan fingerprint density at radius 2 is 1.96 bits per heavy atom. The third-order valence-corrected chi connectivity index (χ3v) is 3.45. The topological polar surface area (TPSA) is 50.4 Å². The van der Waals surface area contributed by atoms with Crippen LogP contribution in [0.4, 0.5) is 5.69 Å². The van der Waals surface area contributed by atoms with Gasteiger partial charge in [-0.15, -0.1) is 0 Å². The molecule has 0 unspecified atom stereocenters. The van der Waals surface area contributed by atoms with Crippen molar-refractivity contribution in [2.45, 2.75) is 19.9 Å². The molecular weight excluding hydrogens is 312 g/mol. The molecule has 0 saturated heterocycles. The van der Waals surface area contributed by atoms with Crippen LogP contribution in [0.3, 0.4) is 0 Å². The Morgan fingerprint density at radius 1 is 1.17 bits per heavy atom. The molecule has 5 heteroatoms. The predicted octanol–water partition coefficient (Wildman–Crippen LogP) is 3.86. The molecule has 0 radical (unpaired) electrons. The maximum Gasteiger partial charge on any atom is 0.227 e. The van der Waals surface area contributed by atoms with Crippen LogP contribution in [0.5, 0.6) is 5.75 Å². The number of rotatable bonds is 8. The number of hydrogen-bond donors (Lipinski definition) is 2. The lowest BCUT2D eigenvalue weighted by Gasteiger charge is -2.09. The number of benzene rings is 2. The van der Waals surface area contributed by atoms with Crippen molar-refractivity contribution in [3.63, 3.8) is 0 Å². The van der Waals surface area contributed by atoms with Crippen molar-refractivity contribution in [3.05, 3.63) is 59.1 Å². The molecule has 2 N–H and O–H groups in total. The lowest BCUT2D eigenvalue weighted by Crippen LogP contribution is -2.16. The summed E-state index contributed by atoms with van der Waals surface area (Å²) < 4.78 is 5.52. The fraction of sp³-hybridized carbons (Fsp3) is 0.278. The molecule has 1 amide bonds. The summed E-state index contributed by atoms with van der Waals surface area (Å²) in [4.78, 5) is 12.0. The Balaban J connectivity index is 1.77. The smallest absolute Gasteiger partial charge is 0.227 e. The standard InChI is InChI=1S/C18H21ClN2O2/c1-2-20-13-14-4-3-5-16(12-14)21-18(22)10-11-23-17-8-6-15(19)7-9-17/h3-9,12,20H,2,10-11,13H2,1H3,(H,21,22). The minimum atomic E-state index is -0.0698. The third-order valence-electron chi connectivity index (χ3n) is 3.20. The highest BCUT2D eigenvalue weighted by atomic mass is 35.5. The number of nitrogens with one attached hydrogen (secondary N) is 2. The summed E-state index contributed by atoms with van der Waals surface area (Å²) in [6.07, 6.45) is 0.292. The largest absolute Gasteiger partial charge is 0.493 e. The molecule has 0 atom stereocenters. The van der Waals surface area contributed by atoms with Crippen molar-refractivity contribution in [2.24, 2.45) is 0 Å². The Hall–Kier alpha value is -2.04. The molecule has 2 rings (SSSR count). The number of ether oxygens (including phenoxy) is 1. The molecule has 0 fully saturated rings. The molecule has 2 aromatic carbocycles. The molecule has 0 spiro atoms. The number of halogens is 1. The molecule has 2 aromatic rings. The minimum absolute atomic E-state index is 0.0698. The number of amides is 1. The van der Waals surface area contributed by atoms with Gasteiger partial charge in [-0.25, -0.2) is 0 Å². The molecule has 0 aliphatic carbocycles. The lowest BCUT2D eigenvalue weighted by molar-refractivity contribution is -0.116. The Kier molecular flexibility index (Phi) is 6.91. The van der Waals surface area contributed by atoms with E-state index in [1.165, 1.54) is 0 Å². The third kappa shape index (κ3) is 6.30. The summed E-state index contributed by atoms with van der Waals surface area (Å²) >= 11 is 5.81. The highest BCUT2D eigenvalue weighted by molar-refractivity contribution is 6.30. The normalized spacial score (nSPS) is 10.3. The van der Waals surface area contributed by atoms with Crippen LogP contribution in [0.2, 0.25) is 5.02 Å². The van der Waals surface area contributed by atoms with Gasteiger partial charge in [0.05, 0.1) is 13.0 Å². The van der Waals surface area contributed by atoms with E-state index < -0.39 is 0 Å². The highest BCUT2D eigenvalue weighted by Crippen LogP contribution is 2.16. The second-order valence-electron chi connectivity index (χ2n) is 5.08. The van der Waals surface area contributed by atoms with E-state index in [-0.39, 0.29) is 5.91 Å². The van der Waals surface area contributed by atoms with E-state index in [1.807, 2.05) is 24.3 Å². The van der Waals surface area contributed by atoms with Crippen LogP contribution in [-0.2, 0) is 11.3 Å². The van der Waals surface area contributed by atoms with E-state index >= 15 is 0 Å². The van der Waals surface area contributed by atoms with Crippen LogP contribution in [0.15, 0.2) is 48.5 Å². The van der Waals surface area contributed by atoms with Gasteiger partial charge in [0.25, 0.3) is 0 Å². The number of anilines is 1. The van der Waals surface area contributed by atoms with E-state index in [9.17, 15) is 4.79 Å². The Bertz CT molecular complexity index is 629. The molecule has 0 bridgehead atoms. The number of hydrogen-bond acceptors (Lipinski definition) is 3. The van der Waals surface area contributed by atoms with E-state index in [0.29, 0.717) is 23.8 Å². The zero-order valence-corrected chi connectivity index (χ0v) is 13.9. The monoisotopic (exact) mass is 332 g/mol. The van der Waals surface area contributed by atoms with E-state index in [0.717, 1.165) is 24.3 Å². The van der Waals surface area contributed by atoms with Crippen LogP contribution < -0.4 is 15.4 Å². The summed E-state index contributed by atoms with van der Waals surface area (Å²) in [5.41, 5.74) is 1.94.